The van der Waals surface area contributed by atoms with Crippen molar-refractivity contribution in [1.82, 2.24) is 10.2 Å². The third-order valence-electron chi connectivity index (χ3n) is 3.35. The van der Waals surface area contributed by atoms with E-state index in [1.54, 1.807) is 36.9 Å². The van der Waals surface area contributed by atoms with Crippen LogP contribution in [0.5, 0.6) is 0 Å². The molecule has 2 aromatic heterocycles. The number of benzene rings is 1. The normalized spacial score (nSPS) is 10.8. The maximum absolute atomic E-state index is 13.0. The van der Waals surface area contributed by atoms with Crippen LogP contribution in [0.4, 0.5) is 9.52 Å². The van der Waals surface area contributed by atoms with Gasteiger partial charge in [-0.3, -0.25) is 10.1 Å². The van der Waals surface area contributed by atoms with Crippen LogP contribution in [0.1, 0.15) is 29.5 Å². The summed E-state index contributed by atoms with van der Waals surface area (Å²) in [6.45, 7) is 3.81. The molecule has 0 atom stereocenters. The van der Waals surface area contributed by atoms with Crippen molar-refractivity contribution in [2.75, 3.05) is 11.1 Å². The maximum atomic E-state index is 13.0. The number of hydrogen-bond donors (Lipinski definition) is 1. The van der Waals surface area contributed by atoms with Gasteiger partial charge in [0.15, 0.2) is 4.34 Å². The summed E-state index contributed by atoms with van der Waals surface area (Å²) in [6.07, 6.45) is 1.05. The molecule has 0 saturated heterocycles. The molecule has 0 aliphatic rings. The van der Waals surface area contributed by atoms with Gasteiger partial charge in [-0.1, -0.05) is 30.0 Å². The lowest BCUT2D eigenvalue weighted by atomic mass is 10.1. The fraction of sp³-hybridized carbons (Fsp3) is 0.235. The van der Waals surface area contributed by atoms with Crippen molar-refractivity contribution in [2.24, 2.45) is 0 Å². The highest BCUT2D eigenvalue weighted by Crippen LogP contribution is 2.28. The quantitative estimate of drug-likeness (QED) is 0.484. The molecule has 0 fully saturated rings. The molecule has 3 rings (SSSR count). The Bertz CT molecular complexity index is 874. The summed E-state index contributed by atoms with van der Waals surface area (Å²) in [4.78, 5) is 12.5. The van der Waals surface area contributed by atoms with E-state index in [9.17, 15) is 9.18 Å². The molecule has 0 unspecified atom stereocenters. The van der Waals surface area contributed by atoms with Gasteiger partial charge in [-0.05, 0) is 43.7 Å². The molecule has 0 radical (unpaired) electrons. The molecule has 25 heavy (non-hydrogen) atoms. The Labute approximate surface area is 152 Å². The predicted molar refractivity (Wildman–Crippen MR) is 97.7 cm³/mol. The first-order valence-corrected chi connectivity index (χ1v) is 9.51. The number of thioether (sulfide) groups is 1. The molecule has 8 heteroatoms. The number of carbonyl (C=O) groups is 1. The molecule has 0 saturated carbocycles. The predicted octanol–water partition coefficient (Wildman–Crippen LogP) is 5.00. The Morgan fingerprint density at radius 1 is 1.32 bits per heavy atom. The average Bonchev–Trinajstić information content (AvgIpc) is 3.20. The molecule has 3 aromatic rings. The van der Waals surface area contributed by atoms with Crippen LogP contribution < -0.4 is 5.32 Å². The summed E-state index contributed by atoms with van der Waals surface area (Å²) in [6, 6.07) is 7.56. The molecule has 1 amide bonds. The van der Waals surface area contributed by atoms with Gasteiger partial charge in [0, 0.05) is 11.3 Å². The van der Waals surface area contributed by atoms with Crippen molar-refractivity contribution < 1.29 is 13.6 Å². The molecule has 0 spiro atoms. The number of rotatable bonds is 6. The highest BCUT2D eigenvalue weighted by molar-refractivity contribution is 8.01. The fourth-order valence-electron chi connectivity index (χ4n) is 2.14. The zero-order valence-corrected chi connectivity index (χ0v) is 15.3. The van der Waals surface area contributed by atoms with Crippen LogP contribution in [0.3, 0.4) is 0 Å². The van der Waals surface area contributed by atoms with Crippen molar-refractivity contribution in [2.45, 2.75) is 24.6 Å². The van der Waals surface area contributed by atoms with Crippen LogP contribution in [0, 0.1) is 12.7 Å². The number of nitrogens with one attached hydrogen (secondary N) is 1. The molecule has 2 heterocycles. The van der Waals surface area contributed by atoms with Gasteiger partial charge in [-0.25, -0.2) is 4.39 Å². The monoisotopic (exact) mass is 377 g/mol. The second-order valence-corrected chi connectivity index (χ2v) is 7.58. The first-order chi connectivity index (χ1) is 12.1. The second-order valence-electron chi connectivity index (χ2n) is 5.26. The fourth-order valence-corrected chi connectivity index (χ4v) is 3.81. The highest BCUT2D eigenvalue weighted by Gasteiger charge is 2.18. The number of nitrogens with zero attached hydrogens (tertiary/aromatic N) is 2. The Kier molecular flexibility index (Phi) is 5.50. The van der Waals surface area contributed by atoms with Gasteiger partial charge in [-0.2, -0.15) is 0 Å². The minimum Gasteiger partial charge on any atom is -0.461 e. The summed E-state index contributed by atoms with van der Waals surface area (Å²) >= 11 is 2.96. The lowest BCUT2D eigenvalue weighted by Crippen LogP contribution is -2.11. The molecular weight excluding hydrogens is 361 g/mol. The Hall–Kier alpha value is -2.19. The number of aryl methyl sites for hydroxylation is 1. The summed E-state index contributed by atoms with van der Waals surface area (Å²) in [5, 5.41) is 11.2. The number of aromatic nitrogens is 2. The maximum Gasteiger partial charge on any atom is 0.261 e. The summed E-state index contributed by atoms with van der Waals surface area (Å²) in [5.41, 5.74) is 1.12. The van der Waals surface area contributed by atoms with E-state index in [0.29, 0.717) is 27.8 Å². The minimum atomic E-state index is -0.321. The topological polar surface area (TPSA) is 68.0 Å². The van der Waals surface area contributed by atoms with E-state index < -0.39 is 0 Å². The Morgan fingerprint density at radius 2 is 2.08 bits per heavy atom. The number of amides is 1. The van der Waals surface area contributed by atoms with Gasteiger partial charge >= 0.3 is 0 Å². The first-order valence-electron chi connectivity index (χ1n) is 7.71. The van der Waals surface area contributed by atoms with Crippen LogP contribution in [0.15, 0.2) is 39.1 Å². The SMILES string of the molecule is CCCSc1nnc(NC(=O)c2cc(-c3ccc(F)cc3)oc2C)s1. The van der Waals surface area contributed by atoms with Gasteiger partial charge in [0.05, 0.1) is 5.56 Å². The standard InChI is InChI=1S/C17H16FN3O2S2/c1-3-8-24-17-21-20-16(25-17)19-15(22)13-9-14(23-10(13)2)11-4-6-12(18)7-5-11/h4-7,9H,3,8H2,1-2H3,(H,19,20,22). The van der Waals surface area contributed by atoms with Gasteiger partial charge in [-0.15, -0.1) is 10.2 Å². The highest BCUT2D eigenvalue weighted by atomic mass is 32.2. The summed E-state index contributed by atoms with van der Waals surface area (Å²) in [5.74, 6) is 1.33. The molecule has 1 N–H and O–H groups in total. The zero-order chi connectivity index (χ0) is 17.8. The third-order valence-corrected chi connectivity index (χ3v) is 5.53. The van der Waals surface area contributed by atoms with Gasteiger partial charge < -0.3 is 4.42 Å². The van der Waals surface area contributed by atoms with E-state index in [1.807, 2.05) is 0 Å². The molecule has 5 nitrogen and oxygen atoms in total. The van der Waals surface area contributed by atoms with E-state index >= 15 is 0 Å². The van der Waals surface area contributed by atoms with Gasteiger partial charge in [0.1, 0.15) is 17.3 Å². The van der Waals surface area contributed by atoms with E-state index in [-0.39, 0.29) is 11.7 Å². The molecular formula is C17H16FN3O2S2. The van der Waals surface area contributed by atoms with E-state index in [4.69, 9.17) is 4.42 Å². The van der Waals surface area contributed by atoms with E-state index in [2.05, 4.69) is 22.4 Å². The van der Waals surface area contributed by atoms with Crippen molar-refractivity contribution >= 4 is 34.1 Å². The minimum absolute atomic E-state index is 0.308. The van der Waals surface area contributed by atoms with Crippen LogP contribution in [-0.4, -0.2) is 21.9 Å². The van der Waals surface area contributed by atoms with Crippen LogP contribution >= 0.6 is 23.1 Å². The number of anilines is 1. The van der Waals surface area contributed by atoms with Crippen molar-refractivity contribution in [3.8, 4) is 11.3 Å². The third kappa shape index (κ3) is 4.26. The lowest BCUT2D eigenvalue weighted by Gasteiger charge is -1.98. The number of furan rings is 1. The van der Waals surface area contributed by atoms with Crippen LogP contribution in [0.2, 0.25) is 0 Å². The summed E-state index contributed by atoms with van der Waals surface area (Å²) in [7, 11) is 0. The number of carbonyl (C=O) groups excluding carboxylic acids is 1. The van der Waals surface area contributed by atoms with E-state index in [1.165, 1.54) is 23.5 Å². The average molecular weight is 377 g/mol. The van der Waals surface area contributed by atoms with Crippen molar-refractivity contribution in [3.63, 3.8) is 0 Å². The molecule has 1 aromatic carbocycles. The molecule has 0 aliphatic carbocycles. The van der Waals surface area contributed by atoms with Crippen LogP contribution in [-0.2, 0) is 0 Å². The van der Waals surface area contributed by atoms with Crippen LogP contribution in [0.25, 0.3) is 11.3 Å². The zero-order valence-electron chi connectivity index (χ0n) is 13.7. The molecule has 0 aliphatic heterocycles. The number of halogens is 1. The van der Waals surface area contributed by atoms with Crippen molar-refractivity contribution in [3.05, 3.63) is 47.5 Å². The number of hydrogen-bond acceptors (Lipinski definition) is 6. The van der Waals surface area contributed by atoms with Crippen molar-refractivity contribution in [1.29, 1.82) is 0 Å². The molecule has 0 bridgehead atoms. The molecule has 130 valence electrons. The smallest absolute Gasteiger partial charge is 0.261 e. The Morgan fingerprint density at radius 3 is 2.80 bits per heavy atom. The largest absolute Gasteiger partial charge is 0.461 e. The second kappa shape index (κ2) is 7.79. The van der Waals surface area contributed by atoms with Gasteiger partial charge in [0.2, 0.25) is 5.13 Å². The van der Waals surface area contributed by atoms with E-state index in [0.717, 1.165) is 16.5 Å². The lowest BCUT2D eigenvalue weighted by molar-refractivity contribution is 0.102. The van der Waals surface area contributed by atoms with Gasteiger partial charge in [0.25, 0.3) is 5.91 Å². The first kappa shape index (κ1) is 17.6. The Balaban J connectivity index is 1.74. The summed E-state index contributed by atoms with van der Waals surface area (Å²) < 4.78 is 19.5.